The van der Waals surface area contributed by atoms with E-state index in [4.69, 9.17) is 27.8 Å². The van der Waals surface area contributed by atoms with Gasteiger partial charge >= 0.3 is 12.0 Å². The lowest BCUT2D eigenvalue weighted by atomic mass is 9.97. The van der Waals surface area contributed by atoms with E-state index in [1.165, 1.54) is 0 Å². The number of aliphatic imine (C=N–C) groups is 1. The number of rotatable bonds is 5. The summed E-state index contributed by atoms with van der Waals surface area (Å²) in [5.41, 5.74) is 10.2. The zero-order valence-corrected chi connectivity index (χ0v) is 19.2. The molecule has 0 atom stereocenters. The Hall–Kier alpha value is -3.15. The quantitative estimate of drug-likeness (QED) is 0.321. The van der Waals surface area contributed by atoms with Crippen LogP contribution < -0.4 is 27.4 Å². The first-order valence-corrected chi connectivity index (χ1v) is 9.67. The highest BCUT2D eigenvalue weighted by atomic mass is 35.5. The van der Waals surface area contributed by atoms with E-state index >= 15 is 0 Å². The van der Waals surface area contributed by atoms with Crippen molar-refractivity contribution in [1.82, 2.24) is 20.6 Å². The van der Waals surface area contributed by atoms with Crippen molar-refractivity contribution < 1.29 is 19.1 Å². The Bertz CT molecular complexity index is 875. The van der Waals surface area contributed by atoms with Crippen molar-refractivity contribution in [1.29, 1.82) is 0 Å². The van der Waals surface area contributed by atoms with E-state index in [1.54, 1.807) is 20.8 Å². The minimum atomic E-state index is -0.952. The van der Waals surface area contributed by atoms with E-state index in [-0.39, 0.29) is 27.9 Å². The third-order valence-corrected chi connectivity index (χ3v) is 3.41. The standard InChI is InChI=1S/C18H29ClN8O4/c1-17(2,3)8-23-13-11(19)25-10(12(20)26-13)14(29)27-15(21)24-9(28)7-22-16(30)31-18(4,5)6/h7-8H2,1-6H3,(H,22,30)(H3,20,23,26)(H3,21,24,27,28,29). The lowest BCUT2D eigenvalue weighted by molar-refractivity contribution is -0.118. The summed E-state index contributed by atoms with van der Waals surface area (Å²) in [6, 6.07) is 0. The van der Waals surface area contributed by atoms with Crippen molar-refractivity contribution in [2.75, 3.05) is 24.1 Å². The second kappa shape index (κ2) is 10.2. The Balaban J connectivity index is 2.75. The fraction of sp³-hybridized carbons (Fsp3) is 0.556. The van der Waals surface area contributed by atoms with E-state index in [0.29, 0.717) is 6.54 Å². The second-order valence-corrected chi connectivity index (χ2v) is 9.07. The van der Waals surface area contributed by atoms with Gasteiger partial charge in [0.2, 0.25) is 11.9 Å². The number of hydrogen-bond donors (Lipinski definition) is 5. The van der Waals surface area contributed by atoms with Gasteiger partial charge in [-0.05, 0) is 26.2 Å². The minimum Gasteiger partial charge on any atom is -0.444 e. The minimum absolute atomic E-state index is 0.0520. The molecule has 0 saturated heterocycles. The average Bonchev–Trinajstić information content (AvgIpc) is 2.57. The molecule has 0 unspecified atom stereocenters. The molecule has 7 N–H and O–H groups in total. The Morgan fingerprint density at radius 2 is 1.74 bits per heavy atom. The molecule has 1 heterocycles. The van der Waals surface area contributed by atoms with Gasteiger partial charge in [0.05, 0.1) is 0 Å². The molecule has 0 aliphatic carbocycles. The van der Waals surface area contributed by atoms with Gasteiger partial charge in [-0.15, -0.1) is 0 Å². The van der Waals surface area contributed by atoms with Gasteiger partial charge < -0.3 is 26.8 Å². The summed E-state index contributed by atoms with van der Waals surface area (Å²) < 4.78 is 4.99. The molecule has 1 aromatic heterocycles. The maximum atomic E-state index is 12.3. The normalized spacial score (nSPS) is 12.2. The van der Waals surface area contributed by atoms with Gasteiger partial charge in [0, 0.05) is 6.54 Å². The van der Waals surface area contributed by atoms with Gasteiger partial charge in [-0.2, -0.15) is 4.99 Å². The number of nitrogens with one attached hydrogen (secondary N) is 3. The van der Waals surface area contributed by atoms with Crippen LogP contribution >= 0.6 is 11.6 Å². The summed E-state index contributed by atoms with van der Waals surface area (Å²) in [5, 5.41) is 7.32. The van der Waals surface area contributed by atoms with Crippen LogP contribution in [-0.2, 0) is 9.53 Å². The van der Waals surface area contributed by atoms with Crippen LogP contribution in [0.25, 0.3) is 0 Å². The summed E-state index contributed by atoms with van der Waals surface area (Å²) in [6.45, 7) is 11.2. The summed E-state index contributed by atoms with van der Waals surface area (Å²) >= 11 is 6.07. The number of carbonyl (C=O) groups is 3. The fourth-order valence-corrected chi connectivity index (χ4v) is 2.08. The summed E-state index contributed by atoms with van der Waals surface area (Å²) in [5.74, 6) is -2.18. The number of halogens is 1. The highest BCUT2D eigenvalue weighted by molar-refractivity contribution is 6.32. The molecule has 13 heteroatoms. The molecule has 0 fully saturated rings. The van der Waals surface area contributed by atoms with E-state index in [9.17, 15) is 14.4 Å². The SMILES string of the molecule is CC(C)(C)CNc1nc(N)c(C(=O)N=C(N)NC(=O)CNC(=O)OC(C)(C)C)nc1Cl. The van der Waals surface area contributed by atoms with E-state index in [0.717, 1.165) is 0 Å². The lowest BCUT2D eigenvalue weighted by Crippen LogP contribution is -2.44. The van der Waals surface area contributed by atoms with Crippen molar-refractivity contribution >= 4 is 47.1 Å². The highest BCUT2D eigenvalue weighted by Gasteiger charge is 2.20. The molecule has 0 spiro atoms. The number of carbonyl (C=O) groups excluding carboxylic acids is 3. The summed E-state index contributed by atoms with van der Waals surface area (Å²) in [6.07, 6.45) is -0.785. The first-order valence-electron chi connectivity index (χ1n) is 9.29. The lowest BCUT2D eigenvalue weighted by Gasteiger charge is -2.19. The predicted octanol–water partition coefficient (Wildman–Crippen LogP) is 1.27. The molecule has 1 aromatic rings. The number of nitrogens with zero attached hydrogens (tertiary/aromatic N) is 3. The number of ether oxygens (including phenoxy) is 1. The number of nitrogens with two attached hydrogens (primary N) is 2. The van der Waals surface area contributed by atoms with Crippen molar-refractivity contribution in [3.8, 4) is 0 Å². The van der Waals surface area contributed by atoms with Crippen LogP contribution in [0.15, 0.2) is 4.99 Å². The van der Waals surface area contributed by atoms with Crippen molar-refractivity contribution in [3.05, 3.63) is 10.8 Å². The number of nitrogen functional groups attached to an aromatic ring is 1. The van der Waals surface area contributed by atoms with Crippen LogP contribution in [0.1, 0.15) is 52.0 Å². The molecule has 3 amide bonds. The van der Waals surface area contributed by atoms with E-state index < -0.39 is 36.0 Å². The monoisotopic (exact) mass is 456 g/mol. The van der Waals surface area contributed by atoms with Crippen molar-refractivity contribution in [2.45, 2.75) is 47.1 Å². The van der Waals surface area contributed by atoms with Crippen LogP contribution in [0.4, 0.5) is 16.4 Å². The number of guanidine groups is 1. The fourth-order valence-electron chi connectivity index (χ4n) is 1.89. The number of aromatic nitrogens is 2. The first-order chi connectivity index (χ1) is 14.1. The van der Waals surface area contributed by atoms with Crippen LogP contribution in [0.5, 0.6) is 0 Å². The molecule has 12 nitrogen and oxygen atoms in total. The molecule has 0 aliphatic heterocycles. The highest BCUT2D eigenvalue weighted by Crippen LogP contribution is 2.23. The Kier molecular flexibility index (Phi) is 8.55. The molecule has 172 valence electrons. The maximum Gasteiger partial charge on any atom is 0.408 e. The van der Waals surface area contributed by atoms with Crippen LogP contribution in [-0.4, -0.2) is 52.5 Å². The van der Waals surface area contributed by atoms with Gasteiger partial charge in [-0.25, -0.2) is 14.8 Å². The summed E-state index contributed by atoms with van der Waals surface area (Å²) in [4.78, 5) is 47.1. The van der Waals surface area contributed by atoms with Crippen LogP contribution in [0.3, 0.4) is 0 Å². The third kappa shape index (κ3) is 9.94. The Labute approximate surface area is 185 Å². The number of anilines is 2. The molecule has 0 bridgehead atoms. The van der Waals surface area contributed by atoms with Gasteiger partial charge in [0.1, 0.15) is 12.1 Å². The van der Waals surface area contributed by atoms with Gasteiger partial charge in [-0.3, -0.25) is 14.9 Å². The molecule has 0 radical (unpaired) electrons. The van der Waals surface area contributed by atoms with Gasteiger partial charge in [0.25, 0.3) is 0 Å². The Morgan fingerprint density at radius 1 is 1.13 bits per heavy atom. The molecule has 0 aromatic carbocycles. The van der Waals surface area contributed by atoms with Crippen molar-refractivity contribution in [3.63, 3.8) is 0 Å². The van der Waals surface area contributed by atoms with Crippen LogP contribution in [0, 0.1) is 5.41 Å². The molecule has 0 saturated carbocycles. The third-order valence-electron chi connectivity index (χ3n) is 3.15. The molecular formula is C18H29ClN8O4. The largest absolute Gasteiger partial charge is 0.444 e. The number of hydrogen-bond acceptors (Lipinski definition) is 8. The molecule has 0 aliphatic rings. The predicted molar refractivity (Wildman–Crippen MR) is 118 cm³/mol. The topological polar surface area (TPSA) is 187 Å². The first kappa shape index (κ1) is 25.9. The zero-order valence-electron chi connectivity index (χ0n) is 18.4. The number of alkyl carbamates (subject to hydrolysis) is 1. The zero-order chi connectivity index (χ0) is 24.0. The smallest absolute Gasteiger partial charge is 0.408 e. The molecule has 1 rings (SSSR count). The Morgan fingerprint density at radius 3 is 2.29 bits per heavy atom. The number of amides is 3. The van der Waals surface area contributed by atoms with E-state index in [1.807, 2.05) is 20.8 Å². The molecular weight excluding hydrogens is 428 g/mol. The van der Waals surface area contributed by atoms with Gasteiger partial charge in [0.15, 0.2) is 22.5 Å². The average molecular weight is 457 g/mol. The van der Waals surface area contributed by atoms with E-state index in [2.05, 4.69) is 30.9 Å². The molecule has 31 heavy (non-hydrogen) atoms. The van der Waals surface area contributed by atoms with Crippen LogP contribution in [0.2, 0.25) is 5.15 Å². The summed E-state index contributed by atoms with van der Waals surface area (Å²) in [7, 11) is 0. The second-order valence-electron chi connectivity index (χ2n) is 8.72. The van der Waals surface area contributed by atoms with Crippen molar-refractivity contribution in [2.24, 2.45) is 16.1 Å². The maximum absolute atomic E-state index is 12.3. The van der Waals surface area contributed by atoms with Gasteiger partial charge in [-0.1, -0.05) is 32.4 Å².